The van der Waals surface area contributed by atoms with Gasteiger partial charge in [0, 0.05) is 5.69 Å². The van der Waals surface area contributed by atoms with E-state index in [1.54, 1.807) is 30.3 Å². The second-order valence-corrected chi connectivity index (χ2v) is 4.05. The average molecular weight is 290 g/mol. The van der Waals surface area contributed by atoms with Crippen molar-refractivity contribution in [2.75, 3.05) is 5.73 Å². The Bertz CT molecular complexity index is 575. The van der Waals surface area contributed by atoms with Gasteiger partial charge in [0.15, 0.2) is 0 Å². The van der Waals surface area contributed by atoms with E-state index in [0.29, 0.717) is 27.4 Å². The Hall–Kier alpha value is -2.06. The molecule has 0 saturated carbocycles. The standard InChI is InChI=1S/C12H8BrN3O/c13-12-10(15)2-1-3-11(12)17-9-5-4-8(6-14)16-7-9/h1-5,7H,15H2. The van der Waals surface area contributed by atoms with E-state index < -0.39 is 0 Å². The fourth-order valence-corrected chi connectivity index (χ4v) is 1.59. The largest absolute Gasteiger partial charge is 0.454 e. The maximum absolute atomic E-state index is 8.62. The molecule has 17 heavy (non-hydrogen) atoms. The summed E-state index contributed by atoms with van der Waals surface area (Å²) in [5.41, 5.74) is 6.69. The summed E-state index contributed by atoms with van der Waals surface area (Å²) in [5.74, 6) is 1.16. The zero-order valence-corrected chi connectivity index (χ0v) is 10.3. The minimum Gasteiger partial charge on any atom is -0.454 e. The van der Waals surface area contributed by atoms with Gasteiger partial charge in [-0.05, 0) is 40.2 Å². The fraction of sp³-hybridized carbons (Fsp3) is 0. The van der Waals surface area contributed by atoms with E-state index in [4.69, 9.17) is 15.7 Å². The number of hydrogen-bond acceptors (Lipinski definition) is 4. The molecule has 0 amide bonds. The summed E-state index contributed by atoms with van der Waals surface area (Å²) < 4.78 is 6.29. The first-order valence-corrected chi connectivity index (χ1v) is 5.58. The van der Waals surface area contributed by atoms with Crippen LogP contribution in [0.5, 0.6) is 11.5 Å². The maximum Gasteiger partial charge on any atom is 0.145 e. The number of halogens is 1. The number of nitriles is 1. The fourth-order valence-electron chi connectivity index (χ4n) is 1.24. The number of nitrogens with zero attached hydrogens (tertiary/aromatic N) is 2. The van der Waals surface area contributed by atoms with Crippen molar-refractivity contribution in [3.63, 3.8) is 0 Å². The van der Waals surface area contributed by atoms with Crippen molar-refractivity contribution >= 4 is 21.6 Å². The molecule has 0 spiro atoms. The summed E-state index contributed by atoms with van der Waals surface area (Å²) in [6, 6.07) is 10.6. The molecule has 0 unspecified atom stereocenters. The second-order valence-electron chi connectivity index (χ2n) is 3.25. The van der Waals surface area contributed by atoms with Crippen molar-refractivity contribution in [2.24, 2.45) is 0 Å². The van der Waals surface area contributed by atoms with Gasteiger partial charge in [-0.3, -0.25) is 0 Å². The predicted octanol–water partition coefficient (Wildman–Crippen LogP) is 3.09. The van der Waals surface area contributed by atoms with Crippen LogP contribution in [0, 0.1) is 11.3 Å². The third-order valence-corrected chi connectivity index (χ3v) is 2.92. The highest BCUT2D eigenvalue weighted by Crippen LogP contribution is 2.33. The van der Waals surface area contributed by atoms with Crippen LogP contribution in [0.3, 0.4) is 0 Å². The molecule has 0 bridgehead atoms. The quantitative estimate of drug-likeness (QED) is 0.863. The molecular formula is C12H8BrN3O. The smallest absolute Gasteiger partial charge is 0.145 e. The minimum atomic E-state index is 0.351. The van der Waals surface area contributed by atoms with E-state index in [1.165, 1.54) is 6.20 Å². The zero-order valence-electron chi connectivity index (χ0n) is 8.72. The number of benzene rings is 1. The first kappa shape index (κ1) is 11.4. The number of aromatic nitrogens is 1. The summed E-state index contributed by atoms with van der Waals surface area (Å²) in [6.07, 6.45) is 1.49. The zero-order chi connectivity index (χ0) is 12.3. The van der Waals surface area contributed by atoms with Gasteiger partial charge in [0.1, 0.15) is 23.3 Å². The third-order valence-electron chi connectivity index (χ3n) is 2.07. The van der Waals surface area contributed by atoms with Gasteiger partial charge in [-0.15, -0.1) is 0 Å². The molecule has 2 rings (SSSR count). The Kier molecular flexibility index (Phi) is 3.26. The van der Waals surface area contributed by atoms with E-state index in [0.717, 1.165) is 0 Å². The van der Waals surface area contributed by atoms with Crippen LogP contribution in [0.2, 0.25) is 0 Å². The van der Waals surface area contributed by atoms with Crippen molar-refractivity contribution in [2.45, 2.75) is 0 Å². The lowest BCUT2D eigenvalue weighted by molar-refractivity contribution is 0.477. The van der Waals surface area contributed by atoms with E-state index in [9.17, 15) is 0 Å². The molecule has 0 aliphatic carbocycles. The summed E-state index contributed by atoms with van der Waals surface area (Å²) >= 11 is 3.34. The van der Waals surface area contributed by atoms with E-state index in [2.05, 4.69) is 20.9 Å². The van der Waals surface area contributed by atoms with Crippen molar-refractivity contribution < 1.29 is 4.74 Å². The first-order valence-electron chi connectivity index (χ1n) is 4.78. The predicted molar refractivity (Wildman–Crippen MR) is 67.6 cm³/mol. The number of pyridine rings is 1. The van der Waals surface area contributed by atoms with Gasteiger partial charge in [-0.1, -0.05) is 6.07 Å². The van der Waals surface area contributed by atoms with Gasteiger partial charge in [-0.2, -0.15) is 5.26 Å². The lowest BCUT2D eigenvalue weighted by Gasteiger charge is -2.08. The molecule has 1 heterocycles. The SMILES string of the molecule is N#Cc1ccc(Oc2cccc(N)c2Br)cn1. The van der Waals surface area contributed by atoms with Gasteiger partial charge in [-0.25, -0.2) is 4.98 Å². The van der Waals surface area contributed by atoms with Crippen LogP contribution in [0.25, 0.3) is 0 Å². The lowest BCUT2D eigenvalue weighted by atomic mass is 10.3. The molecule has 0 radical (unpaired) electrons. The van der Waals surface area contributed by atoms with Crippen molar-refractivity contribution in [3.8, 4) is 17.6 Å². The highest BCUT2D eigenvalue weighted by molar-refractivity contribution is 9.10. The van der Waals surface area contributed by atoms with Crippen LogP contribution in [0.4, 0.5) is 5.69 Å². The Labute approximate surface area is 107 Å². The van der Waals surface area contributed by atoms with Crippen molar-refractivity contribution in [1.29, 1.82) is 5.26 Å². The van der Waals surface area contributed by atoms with E-state index in [-0.39, 0.29) is 0 Å². The molecule has 2 aromatic rings. The van der Waals surface area contributed by atoms with Crippen LogP contribution < -0.4 is 10.5 Å². The van der Waals surface area contributed by atoms with Crippen LogP contribution >= 0.6 is 15.9 Å². The Morgan fingerprint density at radius 2 is 2.12 bits per heavy atom. The van der Waals surface area contributed by atoms with E-state index >= 15 is 0 Å². The molecule has 0 aliphatic heterocycles. The molecular weight excluding hydrogens is 282 g/mol. The molecule has 4 nitrogen and oxygen atoms in total. The normalized spacial score (nSPS) is 9.65. The van der Waals surface area contributed by atoms with Crippen molar-refractivity contribution in [3.05, 3.63) is 46.7 Å². The van der Waals surface area contributed by atoms with Crippen molar-refractivity contribution in [1.82, 2.24) is 4.98 Å². The maximum atomic E-state index is 8.62. The Morgan fingerprint density at radius 3 is 2.76 bits per heavy atom. The molecule has 84 valence electrons. The number of nitrogen functional groups attached to an aromatic ring is 1. The Morgan fingerprint density at radius 1 is 1.29 bits per heavy atom. The molecule has 2 N–H and O–H groups in total. The van der Waals surface area contributed by atoms with Crippen LogP contribution in [0.1, 0.15) is 5.69 Å². The number of hydrogen-bond donors (Lipinski definition) is 1. The molecule has 0 fully saturated rings. The van der Waals surface area contributed by atoms with Crippen LogP contribution in [-0.2, 0) is 0 Å². The molecule has 1 aromatic carbocycles. The summed E-state index contributed by atoms with van der Waals surface area (Å²) in [6.45, 7) is 0. The van der Waals surface area contributed by atoms with Gasteiger partial charge in [0.2, 0.25) is 0 Å². The number of rotatable bonds is 2. The first-order chi connectivity index (χ1) is 8.20. The second kappa shape index (κ2) is 4.85. The van der Waals surface area contributed by atoms with Crippen LogP contribution in [-0.4, -0.2) is 4.98 Å². The van der Waals surface area contributed by atoms with Gasteiger partial charge < -0.3 is 10.5 Å². The minimum absolute atomic E-state index is 0.351. The number of ether oxygens (including phenoxy) is 1. The van der Waals surface area contributed by atoms with Gasteiger partial charge >= 0.3 is 0 Å². The van der Waals surface area contributed by atoms with E-state index in [1.807, 2.05) is 6.07 Å². The Balaban J connectivity index is 2.26. The number of anilines is 1. The van der Waals surface area contributed by atoms with Crippen LogP contribution in [0.15, 0.2) is 41.0 Å². The number of nitrogens with two attached hydrogens (primary N) is 1. The summed E-state index contributed by atoms with van der Waals surface area (Å²) in [4.78, 5) is 3.91. The molecule has 1 aromatic heterocycles. The summed E-state index contributed by atoms with van der Waals surface area (Å²) in [7, 11) is 0. The molecule has 0 aliphatic rings. The highest BCUT2D eigenvalue weighted by atomic mass is 79.9. The highest BCUT2D eigenvalue weighted by Gasteiger charge is 2.05. The third kappa shape index (κ3) is 2.55. The topological polar surface area (TPSA) is 71.9 Å². The molecule has 5 heteroatoms. The van der Waals surface area contributed by atoms with Gasteiger partial charge in [0.25, 0.3) is 0 Å². The average Bonchev–Trinajstić information content (AvgIpc) is 2.36. The monoisotopic (exact) mass is 289 g/mol. The van der Waals surface area contributed by atoms with Gasteiger partial charge in [0.05, 0.1) is 10.7 Å². The summed E-state index contributed by atoms with van der Waals surface area (Å²) in [5, 5.41) is 8.62. The lowest BCUT2D eigenvalue weighted by Crippen LogP contribution is -1.91. The molecule has 0 saturated heterocycles. The molecule has 0 atom stereocenters.